The maximum Gasteiger partial charge on any atom is 0.209 e. The number of nitrogens with two attached hydrogens (primary N) is 1. The van der Waals surface area contributed by atoms with E-state index in [-0.39, 0.29) is 30.4 Å². The van der Waals surface area contributed by atoms with Gasteiger partial charge in [0, 0.05) is 18.6 Å². The van der Waals surface area contributed by atoms with Gasteiger partial charge >= 0.3 is 0 Å². The first-order valence-corrected chi connectivity index (χ1v) is 3.12. The lowest BCUT2D eigenvalue weighted by Crippen LogP contribution is -2.38. The molecule has 0 aromatic heterocycles. The van der Waals surface area contributed by atoms with E-state index in [1.54, 1.807) is 4.90 Å². The number of rotatable bonds is 1. The summed E-state index contributed by atoms with van der Waals surface area (Å²) in [6.07, 6.45) is 1.78. The Morgan fingerprint density at radius 1 is 1.55 bits per heavy atom. The maximum absolute atomic E-state index is 10.2. The standard InChI is InChI=1S/C6H12N2O.2ClH/c1-6(7)2-3-8(4-6)5-9;;/h5H,2-4,7H2,1H3;2*1H/t6-;;/m0../s1. The Labute approximate surface area is 79.1 Å². The van der Waals surface area contributed by atoms with Crippen molar-refractivity contribution in [2.24, 2.45) is 5.73 Å². The third-order valence-electron chi connectivity index (χ3n) is 1.68. The van der Waals surface area contributed by atoms with Crippen molar-refractivity contribution in [3.63, 3.8) is 0 Å². The number of nitrogens with zero attached hydrogens (tertiary/aromatic N) is 1. The van der Waals surface area contributed by atoms with Crippen molar-refractivity contribution in [3.8, 4) is 0 Å². The largest absolute Gasteiger partial charge is 0.343 e. The Bertz CT molecular complexity index is 130. The van der Waals surface area contributed by atoms with E-state index in [0.717, 1.165) is 19.4 Å². The van der Waals surface area contributed by atoms with Crippen LogP contribution in [0.4, 0.5) is 0 Å². The Kier molecular flexibility index (Phi) is 5.93. The molecule has 68 valence electrons. The molecule has 0 radical (unpaired) electrons. The summed E-state index contributed by atoms with van der Waals surface area (Å²) in [5, 5.41) is 0. The molecule has 0 aliphatic carbocycles. The minimum absolute atomic E-state index is 0. The molecule has 1 rings (SSSR count). The summed E-state index contributed by atoms with van der Waals surface area (Å²) in [4.78, 5) is 11.9. The van der Waals surface area contributed by atoms with Gasteiger partial charge in [0.05, 0.1) is 0 Å². The number of amides is 1. The van der Waals surface area contributed by atoms with Gasteiger partial charge in [-0.15, -0.1) is 24.8 Å². The van der Waals surface area contributed by atoms with Crippen molar-refractivity contribution in [3.05, 3.63) is 0 Å². The van der Waals surface area contributed by atoms with Crippen molar-refractivity contribution in [1.29, 1.82) is 0 Å². The summed E-state index contributed by atoms with van der Waals surface area (Å²) in [5.41, 5.74) is 5.61. The molecule has 1 aliphatic rings. The fourth-order valence-corrected chi connectivity index (χ4v) is 1.11. The Morgan fingerprint density at radius 3 is 2.27 bits per heavy atom. The first kappa shape index (κ1) is 13.6. The number of carbonyl (C=O) groups is 1. The molecule has 0 bridgehead atoms. The van der Waals surface area contributed by atoms with Crippen LogP contribution in [0.15, 0.2) is 0 Å². The van der Waals surface area contributed by atoms with Crippen molar-refractivity contribution < 1.29 is 4.79 Å². The van der Waals surface area contributed by atoms with Gasteiger partial charge in [0.25, 0.3) is 0 Å². The monoisotopic (exact) mass is 200 g/mol. The summed E-state index contributed by atoms with van der Waals surface area (Å²) >= 11 is 0. The van der Waals surface area contributed by atoms with E-state index in [4.69, 9.17) is 5.73 Å². The maximum atomic E-state index is 10.2. The second-order valence-corrected chi connectivity index (χ2v) is 2.98. The predicted molar refractivity (Wildman–Crippen MR) is 49.3 cm³/mol. The Hall–Kier alpha value is 0.01000. The van der Waals surface area contributed by atoms with Crippen LogP contribution in [0.25, 0.3) is 0 Å². The van der Waals surface area contributed by atoms with E-state index in [1.807, 2.05) is 6.92 Å². The zero-order chi connectivity index (χ0) is 6.91. The SMILES string of the molecule is C[C@]1(N)CCN(C=O)C1.Cl.Cl. The highest BCUT2D eigenvalue weighted by molar-refractivity contribution is 5.85. The molecular formula is C6H14Cl2N2O. The van der Waals surface area contributed by atoms with Crippen molar-refractivity contribution in [1.82, 2.24) is 4.90 Å². The lowest BCUT2D eigenvalue weighted by Gasteiger charge is -2.15. The van der Waals surface area contributed by atoms with Crippen LogP contribution in [0.3, 0.4) is 0 Å². The van der Waals surface area contributed by atoms with Crippen LogP contribution in [-0.2, 0) is 4.79 Å². The number of hydrogen-bond acceptors (Lipinski definition) is 2. The van der Waals surface area contributed by atoms with Crippen LogP contribution in [0.2, 0.25) is 0 Å². The molecule has 1 amide bonds. The Morgan fingerprint density at radius 2 is 2.09 bits per heavy atom. The second-order valence-electron chi connectivity index (χ2n) is 2.98. The van der Waals surface area contributed by atoms with E-state index in [9.17, 15) is 4.79 Å². The van der Waals surface area contributed by atoms with Crippen LogP contribution >= 0.6 is 24.8 Å². The number of carbonyl (C=O) groups excluding carboxylic acids is 1. The minimum atomic E-state index is -0.138. The highest BCUT2D eigenvalue weighted by atomic mass is 35.5. The second kappa shape index (κ2) is 4.80. The number of hydrogen-bond donors (Lipinski definition) is 1. The summed E-state index contributed by atoms with van der Waals surface area (Å²) in [6.45, 7) is 3.49. The van der Waals surface area contributed by atoms with Crippen molar-refractivity contribution in [2.75, 3.05) is 13.1 Å². The molecule has 0 saturated carbocycles. The average molecular weight is 201 g/mol. The predicted octanol–water partition coefficient (Wildman–Crippen LogP) is 0.410. The molecule has 1 aliphatic heterocycles. The summed E-state index contributed by atoms with van der Waals surface area (Å²) in [5.74, 6) is 0. The summed E-state index contributed by atoms with van der Waals surface area (Å²) in [6, 6.07) is 0. The van der Waals surface area contributed by atoms with E-state index in [1.165, 1.54) is 0 Å². The molecule has 2 N–H and O–H groups in total. The van der Waals surface area contributed by atoms with Crippen LogP contribution in [-0.4, -0.2) is 29.9 Å². The van der Waals surface area contributed by atoms with Gasteiger partial charge in [-0.25, -0.2) is 0 Å². The van der Waals surface area contributed by atoms with E-state index in [2.05, 4.69) is 0 Å². The van der Waals surface area contributed by atoms with E-state index in [0.29, 0.717) is 6.54 Å². The molecule has 1 atom stereocenters. The van der Waals surface area contributed by atoms with Gasteiger partial charge in [0.2, 0.25) is 6.41 Å². The smallest absolute Gasteiger partial charge is 0.209 e. The van der Waals surface area contributed by atoms with Gasteiger partial charge < -0.3 is 10.6 Å². The third kappa shape index (κ3) is 3.79. The highest BCUT2D eigenvalue weighted by Gasteiger charge is 2.28. The topological polar surface area (TPSA) is 46.3 Å². The summed E-state index contributed by atoms with van der Waals surface area (Å²) < 4.78 is 0. The zero-order valence-electron chi connectivity index (χ0n) is 6.45. The van der Waals surface area contributed by atoms with Gasteiger partial charge in [-0.1, -0.05) is 0 Å². The van der Waals surface area contributed by atoms with Gasteiger partial charge in [-0.3, -0.25) is 4.79 Å². The lowest BCUT2D eigenvalue weighted by molar-refractivity contribution is -0.117. The van der Waals surface area contributed by atoms with E-state index >= 15 is 0 Å². The summed E-state index contributed by atoms with van der Waals surface area (Å²) in [7, 11) is 0. The van der Waals surface area contributed by atoms with Gasteiger partial charge in [0.1, 0.15) is 0 Å². The minimum Gasteiger partial charge on any atom is -0.343 e. The van der Waals surface area contributed by atoms with Crippen LogP contribution in [0, 0.1) is 0 Å². The van der Waals surface area contributed by atoms with Gasteiger partial charge in [-0.05, 0) is 13.3 Å². The van der Waals surface area contributed by atoms with Gasteiger partial charge in [-0.2, -0.15) is 0 Å². The molecule has 1 fully saturated rings. The Balaban J connectivity index is 0. The molecule has 11 heavy (non-hydrogen) atoms. The van der Waals surface area contributed by atoms with Crippen molar-refractivity contribution in [2.45, 2.75) is 18.9 Å². The molecule has 0 aromatic carbocycles. The molecule has 5 heteroatoms. The zero-order valence-corrected chi connectivity index (χ0v) is 8.08. The molecule has 3 nitrogen and oxygen atoms in total. The normalized spacial score (nSPS) is 28.7. The fraction of sp³-hybridized carbons (Fsp3) is 0.833. The first-order chi connectivity index (χ1) is 4.14. The van der Waals surface area contributed by atoms with Crippen molar-refractivity contribution >= 4 is 31.2 Å². The lowest BCUT2D eigenvalue weighted by atomic mass is 10.0. The van der Waals surface area contributed by atoms with Crippen LogP contribution in [0.5, 0.6) is 0 Å². The van der Waals surface area contributed by atoms with E-state index < -0.39 is 0 Å². The highest BCUT2D eigenvalue weighted by Crippen LogP contribution is 2.15. The molecule has 1 heterocycles. The fourth-order valence-electron chi connectivity index (χ4n) is 1.11. The number of likely N-dealkylation sites (tertiary alicyclic amines) is 1. The molecule has 1 saturated heterocycles. The first-order valence-electron chi connectivity index (χ1n) is 3.12. The van der Waals surface area contributed by atoms with Gasteiger partial charge in [0.15, 0.2) is 0 Å². The average Bonchev–Trinajstić information content (AvgIpc) is 2.10. The molecule has 0 aromatic rings. The molecule has 0 unspecified atom stereocenters. The van der Waals surface area contributed by atoms with Crippen LogP contribution < -0.4 is 5.73 Å². The molecular weight excluding hydrogens is 187 g/mol. The number of halogens is 2. The quantitative estimate of drug-likeness (QED) is 0.624. The van der Waals surface area contributed by atoms with Crippen LogP contribution in [0.1, 0.15) is 13.3 Å². The molecule has 0 spiro atoms. The third-order valence-corrected chi connectivity index (χ3v) is 1.68.